The van der Waals surface area contributed by atoms with Gasteiger partial charge in [0, 0.05) is 12.5 Å². The van der Waals surface area contributed by atoms with Crippen molar-refractivity contribution in [2.75, 3.05) is 6.54 Å². The van der Waals surface area contributed by atoms with Gasteiger partial charge in [-0.05, 0) is 59.9 Å². The third-order valence-electron chi connectivity index (χ3n) is 2.78. The average molecular weight is 342 g/mol. The topological polar surface area (TPSA) is 12.0 Å². The van der Waals surface area contributed by atoms with Crippen molar-refractivity contribution in [3.05, 3.63) is 34.1 Å². The molecule has 0 radical (unpaired) electrons. The Labute approximate surface area is 118 Å². The second-order valence-corrected chi connectivity index (χ2v) is 5.28. The number of halogens is 5. The van der Waals surface area contributed by atoms with Gasteiger partial charge in [-0.1, -0.05) is 6.07 Å². The van der Waals surface area contributed by atoms with Crippen LogP contribution in [0.3, 0.4) is 0 Å². The first-order chi connectivity index (χ1) is 8.79. The predicted molar refractivity (Wildman–Crippen MR) is 70.4 cm³/mol. The molecule has 1 nitrogen and oxygen atoms in total. The Kier molecular flexibility index (Phi) is 6.26. The van der Waals surface area contributed by atoms with E-state index in [1.165, 1.54) is 6.07 Å². The summed E-state index contributed by atoms with van der Waals surface area (Å²) in [6.07, 6.45) is -4.23. The van der Waals surface area contributed by atoms with Gasteiger partial charge in [-0.3, -0.25) is 0 Å². The van der Waals surface area contributed by atoms with Crippen LogP contribution >= 0.6 is 15.9 Å². The zero-order valence-corrected chi connectivity index (χ0v) is 12.1. The van der Waals surface area contributed by atoms with E-state index in [0.717, 1.165) is 5.56 Å². The molecule has 1 unspecified atom stereocenters. The lowest BCUT2D eigenvalue weighted by atomic mass is 10.1. The molecule has 0 amide bonds. The second kappa shape index (κ2) is 7.24. The lowest BCUT2D eigenvalue weighted by Gasteiger charge is -2.15. The monoisotopic (exact) mass is 341 g/mol. The SMILES string of the molecule is CC(NCCCCC(F)(F)F)c1ccc(F)c(Br)c1. The highest BCUT2D eigenvalue weighted by molar-refractivity contribution is 9.10. The van der Waals surface area contributed by atoms with E-state index in [2.05, 4.69) is 21.2 Å². The zero-order valence-electron chi connectivity index (χ0n) is 10.5. The minimum absolute atomic E-state index is 0.0252. The Morgan fingerprint density at radius 2 is 1.95 bits per heavy atom. The molecule has 0 heterocycles. The predicted octanol–water partition coefficient (Wildman–Crippen LogP) is 4.97. The van der Waals surface area contributed by atoms with E-state index < -0.39 is 12.6 Å². The van der Waals surface area contributed by atoms with Gasteiger partial charge in [0.05, 0.1) is 4.47 Å². The third kappa shape index (κ3) is 6.38. The van der Waals surface area contributed by atoms with Crippen molar-refractivity contribution in [3.8, 4) is 0 Å². The quantitative estimate of drug-likeness (QED) is 0.568. The Morgan fingerprint density at radius 3 is 2.53 bits per heavy atom. The van der Waals surface area contributed by atoms with Gasteiger partial charge in [-0.2, -0.15) is 13.2 Å². The van der Waals surface area contributed by atoms with Gasteiger partial charge in [-0.15, -0.1) is 0 Å². The van der Waals surface area contributed by atoms with E-state index in [4.69, 9.17) is 0 Å². The van der Waals surface area contributed by atoms with Crippen LogP contribution in [0.1, 0.15) is 37.8 Å². The van der Waals surface area contributed by atoms with Crippen LogP contribution in [-0.4, -0.2) is 12.7 Å². The number of nitrogens with one attached hydrogen (secondary N) is 1. The highest BCUT2D eigenvalue weighted by Gasteiger charge is 2.25. The van der Waals surface area contributed by atoms with Crippen molar-refractivity contribution in [2.45, 2.75) is 38.4 Å². The summed E-state index contributed by atoms with van der Waals surface area (Å²) < 4.78 is 49.2. The summed E-state index contributed by atoms with van der Waals surface area (Å²) in [6.45, 7) is 2.40. The van der Waals surface area contributed by atoms with Gasteiger partial charge >= 0.3 is 6.18 Å². The van der Waals surface area contributed by atoms with E-state index in [1.54, 1.807) is 12.1 Å². The van der Waals surface area contributed by atoms with Crippen LogP contribution in [0.2, 0.25) is 0 Å². The summed E-state index contributed by atoms with van der Waals surface area (Å²) in [7, 11) is 0. The smallest absolute Gasteiger partial charge is 0.310 e. The molecule has 0 spiro atoms. The Bertz CT molecular complexity index is 406. The van der Waals surface area contributed by atoms with Crippen LogP contribution < -0.4 is 5.32 Å². The zero-order chi connectivity index (χ0) is 14.5. The minimum Gasteiger partial charge on any atom is -0.310 e. The number of hydrogen-bond donors (Lipinski definition) is 1. The highest BCUT2D eigenvalue weighted by Crippen LogP contribution is 2.23. The molecule has 1 aromatic carbocycles. The fourth-order valence-electron chi connectivity index (χ4n) is 1.67. The van der Waals surface area contributed by atoms with Gasteiger partial charge in [-0.25, -0.2) is 4.39 Å². The molecule has 0 fully saturated rings. The second-order valence-electron chi connectivity index (χ2n) is 4.42. The highest BCUT2D eigenvalue weighted by atomic mass is 79.9. The van der Waals surface area contributed by atoms with Crippen LogP contribution in [0, 0.1) is 5.82 Å². The van der Waals surface area contributed by atoms with Gasteiger partial charge in [0.2, 0.25) is 0 Å². The summed E-state index contributed by atoms with van der Waals surface area (Å²) in [5, 5.41) is 3.12. The van der Waals surface area contributed by atoms with Crippen LogP contribution in [0.4, 0.5) is 17.6 Å². The third-order valence-corrected chi connectivity index (χ3v) is 3.39. The molecule has 0 bridgehead atoms. The number of alkyl halides is 3. The first-order valence-electron chi connectivity index (χ1n) is 6.04. The molecule has 0 aliphatic rings. The van der Waals surface area contributed by atoms with Gasteiger partial charge in [0.25, 0.3) is 0 Å². The standard InChI is InChI=1S/C13H16BrF4N/c1-9(10-4-5-12(15)11(14)8-10)19-7-3-2-6-13(16,17)18/h4-5,8-9,19H,2-3,6-7H2,1H3. The summed E-state index contributed by atoms with van der Waals surface area (Å²) in [5.41, 5.74) is 0.893. The maximum atomic E-state index is 13.1. The Balaban J connectivity index is 2.31. The van der Waals surface area contributed by atoms with Crippen LogP contribution in [0.25, 0.3) is 0 Å². The minimum atomic E-state index is -4.08. The lowest BCUT2D eigenvalue weighted by Crippen LogP contribution is -2.20. The molecule has 0 saturated carbocycles. The van der Waals surface area contributed by atoms with Gasteiger partial charge < -0.3 is 5.32 Å². The molecule has 19 heavy (non-hydrogen) atoms. The van der Waals surface area contributed by atoms with Crippen LogP contribution in [0.5, 0.6) is 0 Å². The van der Waals surface area contributed by atoms with Crippen molar-refractivity contribution < 1.29 is 17.6 Å². The Morgan fingerprint density at radius 1 is 1.26 bits per heavy atom. The fraction of sp³-hybridized carbons (Fsp3) is 0.538. The molecule has 6 heteroatoms. The number of unbranched alkanes of at least 4 members (excludes halogenated alkanes) is 1. The van der Waals surface area contributed by atoms with Gasteiger partial charge in [0.15, 0.2) is 0 Å². The summed E-state index contributed by atoms with van der Waals surface area (Å²) >= 11 is 3.10. The van der Waals surface area contributed by atoms with Crippen molar-refractivity contribution in [1.29, 1.82) is 0 Å². The maximum absolute atomic E-state index is 13.1. The van der Waals surface area contributed by atoms with E-state index in [0.29, 0.717) is 17.4 Å². The normalized spacial score (nSPS) is 13.6. The molecule has 0 aliphatic carbocycles. The first kappa shape index (κ1) is 16.4. The van der Waals surface area contributed by atoms with E-state index in [9.17, 15) is 17.6 Å². The molecule has 1 N–H and O–H groups in total. The molecule has 0 aliphatic heterocycles. The summed E-state index contributed by atoms with van der Waals surface area (Å²) in [5.74, 6) is -0.332. The van der Waals surface area contributed by atoms with Crippen molar-refractivity contribution in [2.24, 2.45) is 0 Å². The van der Waals surface area contributed by atoms with E-state index in [-0.39, 0.29) is 18.3 Å². The lowest BCUT2D eigenvalue weighted by molar-refractivity contribution is -0.135. The first-order valence-corrected chi connectivity index (χ1v) is 6.84. The van der Waals surface area contributed by atoms with Crippen LogP contribution in [0.15, 0.2) is 22.7 Å². The number of rotatable bonds is 6. The molecule has 1 atom stereocenters. The number of hydrogen-bond acceptors (Lipinski definition) is 1. The van der Waals surface area contributed by atoms with E-state index >= 15 is 0 Å². The molecular formula is C13H16BrF4N. The summed E-state index contributed by atoms with van der Waals surface area (Å²) in [4.78, 5) is 0. The summed E-state index contributed by atoms with van der Waals surface area (Å²) in [6, 6.07) is 4.67. The number of benzene rings is 1. The van der Waals surface area contributed by atoms with E-state index in [1.807, 2.05) is 6.92 Å². The molecule has 108 valence electrons. The van der Waals surface area contributed by atoms with Gasteiger partial charge in [0.1, 0.15) is 5.82 Å². The largest absolute Gasteiger partial charge is 0.389 e. The molecule has 0 aromatic heterocycles. The maximum Gasteiger partial charge on any atom is 0.389 e. The van der Waals surface area contributed by atoms with Crippen LogP contribution in [-0.2, 0) is 0 Å². The molecule has 1 rings (SSSR count). The fourth-order valence-corrected chi connectivity index (χ4v) is 2.07. The van der Waals surface area contributed by atoms with Crippen molar-refractivity contribution in [3.63, 3.8) is 0 Å². The molecular weight excluding hydrogens is 326 g/mol. The molecule has 1 aromatic rings. The van der Waals surface area contributed by atoms with Crippen molar-refractivity contribution >= 4 is 15.9 Å². The average Bonchev–Trinajstić information content (AvgIpc) is 2.30. The molecule has 0 saturated heterocycles. The van der Waals surface area contributed by atoms with Crippen molar-refractivity contribution in [1.82, 2.24) is 5.32 Å². The Hall–Kier alpha value is -0.620.